The minimum absolute atomic E-state index is 0.00557. The Hall–Kier alpha value is -1.77. The van der Waals surface area contributed by atoms with Crippen molar-refractivity contribution in [3.8, 4) is 0 Å². The Bertz CT molecular complexity index is 697. The van der Waals surface area contributed by atoms with Crippen LogP contribution in [0.3, 0.4) is 0 Å². The minimum Gasteiger partial charge on any atom is -0.326 e. The third-order valence-electron chi connectivity index (χ3n) is 3.30. The molecule has 0 aliphatic carbocycles. The number of nitrogens with one attached hydrogen (secondary N) is 1. The van der Waals surface area contributed by atoms with Crippen molar-refractivity contribution in [3.63, 3.8) is 0 Å². The molecule has 0 saturated carbocycles. The van der Waals surface area contributed by atoms with E-state index < -0.39 is 10.0 Å². The number of sulfonamides is 1. The number of hydrogen-bond donors (Lipinski definition) is 2. The first-order valence-corrected chi connectivity index (χ1v) is 8.01. The van der Waals surface area contributed by atoms with Crippen LogP contribution in [-0.4, -0.2) is 41.5 Å². The molecule has 0 aromatic carbocycles. The van der Waals surface area contributed by atoms with Gasteiger partial charge in [0.15, 0.2) is 5.03 Å². The third kappa shape index (κ3) is 3.29. The predicted molar refractivity (Wildman–Crippen MR) is 79.0 cm³/mol. The SMILES string of the molecule is Cc1[nH]nc(S(=O)(=O)N(C)CCc2ccccn2)c1CN. The van der Waals surface area contributed by atoms with Gasteiger partial charge in [0.05, 0.1) is 0 Å². The first-order chi connectivity index (χ1) is 9.96. The van der Waals surface area contributed by atoms with Crippen LogP contribution in [0.2, 0.25) is 0 Å². The van der Waals surface area contributed by atoms with Crippen molar-refractivity contribution in [2.75, 3.05) is 13.6 Å². The van der Waals surface area contributed by atoms with Gasteiger partial charge in [-0.2, -0.15) is 9.40 Å². The lowest BCUT2D eigenvalue weighted by atomic mass is 10.3. The van der Waals surface area contributed by atoms with E-state index >= 15 is 0 Å². The number of rotatable bonds is 6. The average Bonchev–Trinajstić information content (AvgIpc) is 2.87. The largest absolute Gasteiger partial charge is 0.326 e. The molecule has 0 radical (unpaired) electrons. The van der Waals surface area contributed by atoms with E-state index in [-0.39, 0.29) is 11.6 Å². The summed E-state index contributed by atoms with van der Waals surface area (Å²) in [4.78, 5) is 4.18. The summed E-state index contributed by atoms with van der Waals surface area (Å²) in [6, 6.07) is 5.56. The van der Waals surface area contributed by atoms with Gasteiger partial charge in [-0.1, -0.05) is 6.07 Å². The average molecular weight is 309 g/mol. The zero-order valence-electron chi connectivity index (χ0n) is 12.1. The highest BCUT2D eigenvalue weighted by Crippen LogP contribution is 2.19. The summed E-state index contributed by atoms with van der Waals surface area (Å²) in [6.45, 7) is 2.21. The van der Waals surface area contributed by atoms with Crippen molar-refractivity contribution in [2.24, 2.45) is 5.73 Å². The Labute approximate surface area is 124 Å². The molecule has 3 N–H and O–H groups in total. The highest BCUT2D eigenvalue weighted by molar-refractivity contribution is 7.89. The summed E-state index contributed by atoms with van der Waals surface area (Å²) >= 11 is 0. The van der Waals surface area contributed by atoms with Gasteiger partial charge in [0.25, 0.3) is 10.0 Å². The molecule has 8 heteroatoms. The van der Waals surface area contributed by atoms with Crippen molar-refractivity contribution in [1.29, 1.82) is 0 Å². The Balaban J connectivity index is 2.15. The van der Waals surface area contributed by atoms with Crippen molar-refractivity contribution < 1.29 is 8.42 Å². The first-order valence-electron chi connectivity index (χ1n) is 6.57. The van der Waals surface area contributed by atoms with Crippen molar-refractivity contribution >= 4 is 10.0 Å². The monoisotopic (exact) mass is 309 g/mol. The van der Waals surface area contributed by atoms with Crippen LogP contribution in [0.25, 0.3) is 0 Å². The molecule has 0 spiro atoms. The van der Waals surface area contributed by atoms with E-state index in [1.165, 1.54) is 11.4 Å². The number of likely N-dealkylation sites (N-methyl/N-ethyl adjacent to an activating group) is 1. The van der Waals surface area contributed by atoms with Crippen molar-refractivity contribution in [1.82, 2.24) is 19.5 Å². The van der Waals surface area contributed by atoms with Crippen LogP contribution < -0.4 is 5.73 Å². The van der Waals surface area contributed by atoms with E-state index in [0.29, 0.717) is 24.2 Å². The Morgan fingerprint density at radius 1 is 1.38 bits per heavy atom. The fraction of sp³-hybridized carbons (Fsp3) is 0.385. The van der Waals surface area contributed by atoms with E-state index in [1.807, 2.05) is 18.2 Å². The Morgan fingerprint density at radius 3 is 2.76 bits per heavy atom. The molecule has 0 atom stereocenters. The molecule has 21 heavy (non-hydrogen) atoms. The van der Waals surface area contributed by atoms with Crippen molar-refractivity contribution in [2.45, 2.75) is 24.9 Å². The number of H-pyrrole nitrogens is 1. The molecule has 0 unspecified atom stereocenters. The summed E-state index contributed by atoms with van der Waals surface area (Å²) < 4.78 is 26.3. The number of aromatic amines is 1. The van der Waals surface area contributed by atoms with E-state index in [4.69, 9.17) is 5.73 Å². The molecule has 0 aliphatic heterocycles. The topological polar surface area (TPSA) is 105 Å². The molecule has 0 aliphatic rings. The smallest absolute Gasteiger partial charge is 0.262 e. The quantitative estimate of drug-likeness (QED) is 0.805. The fourth-order valence-corrected chi connectivity index (χ4v) is 3.31. The van der Waals surface area contributed by atoms with Crippen molar-refractivity contribution in [3.05, 3.63) is 41.3 Å². The van der Waals surface area contributed by atoms with Crippen LogP contribution in [0.15, 0.2) is 29.4 Å². The van der Waals surface area contributed by atoms with Gasteiger partial charge in [-0.25, -0.2) is 8.42 Å². The predicted octanol–water partition coefficient (Wildman–Crippen LogP) is 0.435. The molecule has 2 aromatic rings. The van der Waals surface area contributed by atoms with Crippen LogP contribution in [-0.2, 0) is 23.0 Å². The Morgan fingerprint density at radius 2 is 2.14 bits per heavy atom. The molecule has 0 amide bonds. The van der Waals surface area contributed by atoms with Crippen LogP contribution >= 0.6 is 0 Å². The van der Waals surface area contributed by atoms with Crippen LogP contribution in [0.5, 0.6) is 0 Å². The van der Waals surface area contributed by atoms with Gasteiger partial charge in [0.2, 0.25) is 0 Å². The molecule has 2 aromatic heterocycles. The van der Waals surface area contributed by atoms with Gasteiger partial charge in [0, 0.05) is 49.7 Å². The fourth-order valence-electron chi connectivity index (χ4n) is 1.97. The number of hydrogen-bond acceptors (Lipinski definition) is 5. The summed E-state index contributed by atoms with van der Waals surface area (Å²) in [5.41, 5.74) is 7.65. The molecule has 2 rings (SSSR count). The summed E-state index contributed by atoms with van der Waals surface area (Å²) in [7, 11) is -2.12. The maximum atomic E-state index is 12.5. The lowest BCUT2D eigenvalue weighted by Crippen LogP contribution is -2.30. The van der Waals surface area contributed by atoms with Gasteiger partial charge in [-0.05, 0) is 19.1 Å². The molecule has 0 saturated heterocycles. The lowest BCUT2D eigenvalue weighted by Gasteiger charge is -2.16. The zero-order chi connectivity index (χ0) is 15.5. The first kappa shape index (κ1) is 15.6. The van der Waals surface area contributed by atoms with Gasteiger partial charge >= 0.3 is 0 Å². The molecule has 7 nitrogen and oxygen atoms in total. The summed E-state index contributed by atoms with van der Waals surface area (Å²) in [6.07, 6.45) is 2.23. The van der Waals surface area contributed by atoms with Crippen LogP contribution in [0.1, 0.15) is 17.0 Å². The summed E-state index contributed by atoms with van der Waals surface area (Å²) in [5.74, 6) is 0. The number of aryl methyl sites for hydroxylation is 1. The molecule has 0 fully saturated rings. The highest BCUT2D eigenvalue weighted by Gasteiger charge is 2.27. The normalized spacial score (nSPS) is 12.0. The Kier molecular flexibility index (Phi) is 4.71. The third-order valence-corrected chi connectivity index (χ3v) is 5.13. The number of aromatic nitrogens is 3. The maximum Gasteiger partial charge on any atom is 0.262 e. The van der Waals surface area contributed by atoms with E-state index in [9.17, 15) is 8.42 Å². The minimum atomic E-state index is -3.65. The highest BCUT2D eigenvalue weighted by atomic mass is 32.2. The zero-order valence-corrected chi connectivity index (χ0v) is 12.9. The molecular weight excluding hydrogens is 290 g/mol. The lowest BCUT2D eigenvalue weighted by molar-refractivity contribution is 0.467. The maximum absolute atomic E-state index is 12.5. The van der Waals surface area contributed by atoms with E-state index in [1.54, 1.807) is 13.1 Å². The number of pyridine rings is 1. The van der Waals surface area contributed by atoms with E-state index in [2.05, 4.69) is 15.2 Å². The molecule has 2 heterocycles. The van der Waals surface area contributed by atoms with E-state index in [0.717, 1.165) is 5.69 Å². The standard InChI is InChI=1S/C13H19N5O2S/c1-10-12(9-14)13(17-16-10)21(19,20)18(2)8-6-11-5-3-4-7-15-11/h3-5,7H,6,8-9,14H2,1-2H3,(H,16,17). The molecular formula is C13H19N5O2S. The summed E-state index contributed by atoms with van der Waals surface area (Å²) in [5, 5.41) is 6.56. The number of nitrogens with zero attached hydrogens (tertiary/aromatic N) is 3. The van der Waals surface area contributed by atoms with Gasteiger partial charge in [-0.15, -0.1) is 0 Å². The second-order valence-electron chi connectivity index (χ2n) is 4.73. The number of nitrogens with two attached hydrogens (primary N) is 1. The van der Waals surface area contributed by atoms with Crippen LogP contribution in [0.4, 0.5) is 0 Å². The van der Waals surface area contributed by atoms with Crippen LogP contribution in [0, 0.1) is 6.92 Å². The van der Waals surface area contributed by atoms with Gasteiger partial charge < -0.3 is 5.73 Å². The van der Waals surface area contributed by atoms with Gasteiger partial charge in [0.1, 0.15) is 0 Å². The second-order valence-corrected chi connectivity index (χ2v) is 6.69. The molecule has 0 bridgehead atoms. The molecule has 114 valence electrons. The van der Waals surface area contributed by atoms with Gasteiger partial charge in [-0.3, -0.25) is 10.1 Å². The second kappa shape index (κ2) is 6.33.